The van der Waals surface area contributed by atoms with Crippen LogP contribution in [0.15, 0.2) is 18.2 Å². The summed E-state index contributed by atoms with van der Waals surface area (Å²) in [6.07, 6.45) is -3.75. The first-order valence-electron chi connectivity index (χ1n) is 14.5. The van der Waals surface area contributed by atoms with Crippen LogP contribution in [0.2, 0.25) is 0 Å². The zero-order valence-corrected chi connectivity index (χ0v) is 27.6. The van der Waals surface area contributed by atoms with Crippen LogP contribution < -0.4 is 10.1 Å². The van der Waals surface area contributed by atoms with Crippen molar-refractivity contribution in [1.29, 1.82) is 0 Å². The van der Waals surface area contributed by atoms with Gasteiger partial charge in [0.05, 0.1) is 12.2 Å². The first-order chi connectivity index (χ1) is 21.2. The molecular formula is C30H40BrF3N4O7. The van der Waals surface area contributed by atoms with Crippen molar-refractivity contribution in [3.8, 4) is 17.0 Å². The summed E-state index contributed by atoms with van der Waals surface area (Å²) >= 11 is 3.30. The third-order valence-electron chi connectivity index (χ3n) is 6.82. The van der Waals surface area contributed by atoms with Crippen molar-refractivity contribution in [3.63, 3.8) is 0 Å². The van der Waals surface area contributed by atoms with E-state index in [0.717, 1.165) is 12.1 Å². The van der Waals surface area contributed by atoms with E-state index in [-0.39, 0.29) is 49.2 Å². The van der Waals surface area contributed by atoms with Gasteiger partial charge in [-0.25, -0.2) is 9.59 Å². The SMILES string of the molecule is CCOC(=O)[C@@H]1CC[C@@H](Nc2cc(CCCO)c(-c3c(CBr)cc(C(F)(F)F)cc3OCOC)nn2)CN1C(=O)OC(C)(C)C. The van der Waals surface area contributed by atoms with Gasteiger partial charge < -0.3 is 29.4 Å². The van der Waals surface area contributed by atoms with Gasteiger partial charge in [-0.05, 0) is 82.7 Å². The van der Waals surface area contributed by atoms with Crippen LogP contribution in [0.4, 0.5) is 23.8 Å². The highest BCUT2D eigenvalue weighted by Gasteiger charge is 2.39. The van der Waals surface area contributed by atoms with Crippen molar-refractivity contribution in [3.05, 3.63) is 34.9 Å². The zero-order valence-electron chi connectivity index (χ0n) is 26.0. The van der Waals surface area contributed by atoms with Gasteiger partial charge in [-0.15, -0.1) is 10.2 Å². The molecule has 15 heteroatoms. The molecule has 11 nitrogen and oxygen atoms in total. The lowest BCUT2D eigenvalue weighted by Gasteiger charge is -2.39. The highest BCUT2D eigenvalue weighted by molar-refractivity contribution is 9.08. The first-order valence-corrected chi connectivity index (χ1v) is 15.7. The minimum atomic E-state index is -4.61. The van der Waals surface area contributed by atoms with E-state index >= 15 is 0 Å². The monoisotopic (exact) mass is 704 g/mol. The number of likely N-dealkylation sites (tertiary alicyclic amines) is 1. The summed E-state index contributed by atoms with van der Waals surface area (Å²) in [6.45, 7) is 6.77. The number of hydrogen-bond acceptors (Lipinski definition) is 10. The number of nitrogens with one attached hydrogen (secondary N) is 1. The number of anilines is 1. The maximum Gasteiger partial charge on any atom is 0.416 e. The fourth-order valence-corrected chi connectivity index (χ4v) is 5.36. The van der Waals surface area contributed by atoms with Crippen molar-refractivity contribution in [1.82, 2.24) is 15.1 Å². The molecule has 0 aliphatic carbocycles. The van der Waals surface area contributed by atoms with Gasteiger partial charge in [-0.2, -0.15) is 13.2 Å². The number of esters is 1. The predicted molar refractivity (Wildman–Crippen MR) is 163 cm³/mol. The summed E-state index contributed by atoms with van der Waals surface area (Å²) in [6, 6.07) is 2.50. The highest BCUT2D eigenvalue weighted by atomic mass is 79.9. The molecule has 0 radical (unpaired) electrons. The summed E-state index contributed by atoms with van der Waals surface area (Å²) in [4.78, 5) is 27.1. The number of hydrogen-bond donors (Lipinski definition) is 2. The number of halogens is 4. The second kappa shape index (κ2) is 15.9. The van der Waals surface area contributed by atoms with Crippen molar-refractivity contribution in [2.24, 2.45) is 0 Å². The maximum atomic E-state index is 13.7. The van der Waals surface area contributed by atoms with Crippen molar-refractivity contribution in [2.75, 3.05) is 39.0 Å². The van der Waals surface area contributed by atoms with Gasteiger partial charge in [-0.3, -0.25) is 4.90 Å². The van der Waals surface area contributed by atoms with Gasteiger partial charge in [0.1, 0.15) is 28.9 Å². The van der Waals surface area contributed by atoms with Crippen LogP contribution in [-0.2, 0) is 36.9 Å². The molecule has 0 spiro atoms. The number of carbonyl (C=O) groups is 2. The molecule has 1 aliphatic rings. The van der Waals surface area contributed by atoms with Gasteiger partial charge in [0.25, 0.3) is 0 Å². The summed E-state index contributed by atoms with van der Waals surface area (Å²) in [5, 5.41) is 21.7. The van der Waals surface area contributed by atoms with E-state index in [1.165, 1.54) is 12.0 Å². The van der Waals surface area contributed by atoms with Crippen molar-refractivity contribution in [2.45, 2.75) is 82.6 Å². The molecule has 1 fully saturated rings. The number of aliphatic hydroxyl groups excluding tert-OH is 1. The summed E-state index contributed by atoms with van der Waals surface area (Å²) < 4.78 is 62.4. The normalized spacial score (nSPS) is 17.2. The number of nitrogens with zero attached hydrogens (tertiary/aromatic N) is 3. The molecule has 1 aromatic heterocycles. The Hall–Kier alpha value is -3.17. The van der Waals surface area contributed by atoms with Gasteiger partial charge >= 0.3 is 18.2 Å². The number of piperidine rings is 1. The quantitative estimate of drug-likeness (QED) is 0.161. The second-order valence-electron chi connectivity index (χ2n) is 11.4. The molecule has 0 bridgehead atoms. The topological polar surface area (TPSA) is 132 Å². The maximum absolute atomic E-state index is 13.7. The van der Waals surface area contributed by atoms with Gasteiger partial charge in [0.15, 0.2) is 6.79 Å². The number of aryl methyl sites for hydroxylation is 1. The third kappa shape index (κ3) is 9.91. The second-order valence-corrected chi connectivity index (χ2v) is 12.0. The Balaban J connectivity index is 1.99. The van der Waals surface area contributed by atoms with Crippen LogP contribution in [0.25, 0.3) is 11.3 Å². The largest absolute Gasteiger partial charge is 0.467 e. The minimum Gasteiger partial charge on any atom is -0.467 e. The molecule has 2 atom stereocenters. The average molecular weight is 706 g/mol. The summed E-state index contributed by atoms with van der Waals surface area (Å²) in [5.74, 6) is -0.239. The van der Waals surface area contributed by atoms with Gasteiger partial charge in [-0.1, -0.05) is 15.9 Å². The van der Waals surface area contributed by atoms with Crippen LogP contribution in [0.5, 0.6) is 5.75 Å². The highest BCUT2D eigenvalue weighted by Crippen LogP contribution is 2.41. The number of amides is 1. The number of aromatic nitrogens is 2. The van der Waals surface area contributed by atoms with E-state index in [1.807, 2.05) is 0 Å². The lowest BCUT2D eigenvalue weighted by atomic mass is 9.95. The van der Waals surface area contributed by atoms with Crippen molar-refractivity contribution >= 4 is 33.8 Å². The Labute approximate surface area is 268 Å². The molecule has 1 saturated heterocycles. The Morgan fingerprint density at radius 3 is 2.47 bits per heavy atom. The van der Waals surface area contributed by atoms with Crippen LogP contribution in [0, 0.1) is 0 Å². The van der Waals surface area contributed by atoms with Crippen LogP contribution >= 0.6 is 15.9 Å². The van der Waals surface area contributed by atoms with E-state index < -0.39 is 35.4 Å². The first kappa shape index (κ1) is 36.3. The van der Waals surface area contributed by atoms with Crippen LogP contribution in [0.1, 0.15) is 63.6 Å². The number of aliphatic hydroxyl groups is 1. The number of methoxy groups -OCH3 is 1. The van der Waals surface area contributed by atoms with E-state index in [0.29, 0.717) is 48.3 Å². The average Bonchev–Trinajstić information content (AvgIpc) is 2.97. The fourth-order valence-electron chi connectivity index (χ4n) is 4.92. The number of carbonyl (C=O) groups excluding carboxylic acids is 2. The number of rotatable bonds is 12. The Morgan fingerprint density at radius 1 is 1.13 bits per heavy atom. The molecule has 2 N–H and O–H groups in total. The van der Waals surface area contributed by atoms with E-state index in [9.17, 15) is 27.9 Å². The molecule has 1 amide bonds. The standard InChI is InChI=1S/C30H40BrF3N4O7/c1-6-43-27(40)22-10-9-21(16-38(22)28(41)45-29(2,3)4)35-24-13-18(8-7-11-39)26(37-36-24)25-19(15-31)12-20(30(32,33)34)14-23(25)44-17-42-5/h12-14,21-22,39H,6-11,15-17H2,1-5H3,(H,35,36)/t21-,22+/m1/s1. The van der Waals surface area contributed by atoms with Crippen LogP contribution in [-0.4, -0.2) is 83.6 Å². The summed E-state index contributed by atoms with van der Waals surface area (Å²) in [7, 11) is 1.36. The molecule has 0 unspecified atom stereocenters. The molecule has 1 aromatic carbocycles. The molecule has 0 saturated carbocycles. The minimum absolute atomic E-state index is 0.0704. The Kier molecular flexibility index (Phi) is 12.8. The molecule has 250 valence electrons. The summed E-state index contributed by atoms with van der Waals surface area (Å²) in [5.41, 5.74) is -0.170. The van der Waals surface area contributed by atoms with Crippen LogP contribution in [0.3, 0.4) is 0 Å². The van der Waals surface area contributed by atoms with E-state index in [4.69, 9.17) is 18.9 Å². The van der Waals surface area contributed by atoms with Gasteiger partial charge in [0, 0.05) is 37.2 Å². The molecule has 2 aromatic rings. The molecular weight excluding hydrogens is 665 g/mol. The fraction of sp³-hybridized carbons (Fsp3) is 0.600. The smallest absolute Gasteiger partial charge is 0.416 e. The lowest BCUT2D eigenvalue weighted by Crippen LogP contribution is -2.55. The molecule has 2 heterocycles. The molecule has 45 heavy (non-hydrogen) atoms. The third-order valence-corrected chi connectivity index (χ3v) is 7.43. The molecule has 1 aliphatic heterocycles. The number of benzene rings is 1. The lowest BCUT2D eigenvalue weighted by molar-refractivity contribution is -0.150. The Bertz CT molecular complexity index is 1320. The number of alkyl halides is 4. The van der Waals surface area contributed by atoms with E-state index in [1.54, 1.807) is 33.8 Å². The van der Waals surface area contributed by atoms with Gasteiger partial charge in [0.2, 0.25) is 0 Å². The van der Waals surface area contributed by atoms with E-state index in [2.05, 4.69) is 31.4 Å². The zero-order chi connectivity index (χ0) is 33.4. The number of ether oxygens (including phenoxy) is 4. The molecule has 3 rings (SSSR count). The predicted octanol–water partition coefficient (Wildman–Crippen LogP) is 5.71. The Morgan fingerprint density at radius 2 is 1.87 bits per heavy atom. The van der Waals surface area contributed by atoms with Crippen molar-refractivity contribution < 1.29 is 46.8 Å².